The smallest absolute Gasteiger partial charge is 0.326 e. The second-order valence-corrected chi connectivity index (χ2v) is 4.23. The Labute approximate surface area is 110 Å². The monoisotopic (exact) mass is 264 g/mol. The normalized spacial score (nSPS) is 11.6. The molecule has 0 aromatic heterocycles. The SMILES string of the molecule is CC(=O)CCC(NC(=O)c1ccc(N)cc1)C(=O)O. The first kappa shape index (κ1) is 14.7. The molecule has 6 nitrogen and oxygen atoms in total. The first-order chi connectivity index (χ1) is 8.90. The van der Waals surface area contributed by atoms with Crippen LogP contribution in [0.3, 0.4) is 0 Å². The highest BCUT2D eigenvalue weighted by molar-refractivity contribution is 5.96. The van der Waals surface area contributed by atoms with Crippen LogP contribution in [-0.4, -0.2) is 28.8 Å². The number of aliphatic carboxylic acids is 1. The molecule has 0 aliphatic heterocycles. The van der Waals surface area contributed by atoms with Crippen LogP contribution in [0.25, 0.3) is 0 Å². The summed E-state index contributed by atoms with van der Waals surface area (Å²) in [6, 6.07) is 5.05. The first-order valence-corrected chi connectivity index (χ1v) is 5.79. The number of carbonyl (C=O) groups is 3. The van der Waals surface area contributed by atoms with Gasteiger partial charge >= 0.3 is 5.97 Å². The Morgan fingerprint density at radius 1 is 1.26 bits per heavy atom. The maximum Gasteiger partial charge on any atom is 0.326 e. The molecule has 1 aromatic rings. The molecule has 19 heavy (non-hydrogen) atoms. The maximum absolute atomic E-state index is 11.8. The zero-order valence-corrected chi connectivity index (χ0v) is 10.6. The number of ketones is 1. The summed E-state index contributed by atoms with van der Waals surface area (Å²) in [6.45, 7) is 1.38. The van der Waals surface area contributed by atoms with Gasteiger partial charge in [-0.1, -0.05) is 0 Å². The molecule has 0 heterocycles. The molecule has 0 radical (unpaired) electrons. The Bertz CT molecular complexity index is 482. The van der Waals surface area contributed by atoms with Gasteiger partial charge in [0.1, 0.15) is 11.8 Å². The summed E-state index contributed by atoms with van der Waals surface area (Å²) in [5.74, 6) is -1.78. The molecule has 6 heteroatoms. The Kier molecular flexibility index (Phi) is 5.05. The molecule has 0 aliphatic carbocycles. The average molecular weight is 264 g/mol. The van der Waals surface area contributed by atoms with Crippen molar-refractivity contribution in [3.05, 3.63) is 29.8 Å². The molecule has 0 saturated carbocycles. The summed E-state index contributed by atoms with van der Waals surface area (Å²) >= 11 is 0. The van der Waals surface area contributed by atoms with Crippen LogP contribution < -0.4 is 11.1 Å². The number of benzene rings is 1. The number of nitrogens with one attached hydrogen (secondary N) is 1. The van der Waals surface area contributed by atoms with Crippen LogP contribution in [0.2, 0.25) is 0 Å². The van der Waals surface area contributed by atoms with Crippen LogP contribution in [0.15, 0.2) is 24.3 Å². The highest BCUT2D eigenvalue weighted by atomic mass is 16.4. The van der Waals surface area contributed by atoms with Gasteiger partial charge in [-0.05, 0) is 37.6 Å². The molecule has 1 amide bonds. The van der Waals surface area contributed by atoms with Gasteiger partial charge in [0.2, 0.25) is 0 Å². The molecule has 102 valence electrons. The summed E-state index contributed by atoms with van der Waals surface area (Å²) in [5.41, 5.74) is 6.33. The largest absolute Gasteiger partial charge is 0.480 e. The number of amides is 1. The number of carboxylic acid groups (broad SMARTS) is 1. The van der Waals surface area contributed by atoms with Crippen LogP contribution >= 0.6 is 0 Å². The Morgan fingerprint density at radius 2 is 1.84 bits per heavy atom. The van der Waals surface area contributed by atoms with Gasteiger partial charge in [0.25, 0.3) is 5.91 Å². The second kappa shape index (κ2) is 6.53. The van der Waals surface area contributed by atoms with E-state index in [9.17, 15) is 14.4 Å². The van der Waals surface area contributed by atoms with E-state index < -0.39 is 17.9 Å². The topological polar surface area (TPSA) is 109 Å². The predicted molar refractivity (Wildman–Crippen MR) is 69.7 cm³/mol. The molecule has 1 aromatic carbocycles. The van der Waals surface area contributed by atoms with Gasteiger partial charge in [-0.15, -0.1) is 0 Å². The lowest BCUT2D eigenvalue weighted by molar-refractivity contribution is -0.139. The van der Waals surface area contributed by atoms with Gasteiger partial charge in [-0.25, -0.2) is 4.79 Å². The van der Waals surface area contributed by atoms with Crippen LogP contribution in [-0.2, 0) is 9.59 Å². The second-order valence-electron chi connectivity index (χ2n) is 4.23. The van der Waals surface area contributed by atoms with Gasteiger partial charge in [0, 0.05) is 17.7 Å². The van der Waals surface area contributed by atoms with E-state index in [1.165, 1.54) is 19.1 Å². The lowest BCUT2D eigenvalue weighted by Crippen LogP contribution is -2.41. The van der Waals surface area contributed by atoms with Crippen molar-refractivity contribution in [2.45, 2.75) is 25.8 Å². The molecular weight excluding hydrogens is 248 g/mol. The van der Waals surface area contributed by atoms with Crippen molar-refractivity contribution < 1.29 is 19.5 Å². The fourth-order valence-electron chi connectivity index (χ4n) is 1.48. The van der Waals surface area contributed by atoms with Crippen LogP contribution in [0.4, 0.5) is 5.69 Å². The van der Waals surface area contributed by atoms with E-state index in [1.807, 2.05) is 0 Å². The minimum absolute atomic E-state index is 0.0748. The molecule has 1 unspecified atom stereocenters. The Balaban J connectivity index is 2.68. The molecule has 0 bridgehead atoms. The third-order valence-corrected chi connectivity index (χ3v) is 2.56. The lowest BCUT2D eigenvalue weighted by Gasteiger charge is -2.13. The van der Waals surface area contributed by atoms with E-state index in [0.29, 0.717) is 11.3 Å². The zero-order valence-electron chi connectivity index (χ0n) is 10.6. The molecular formula is C13H16N2O4. The average Bonchev–Trinajstić information content (AvgIpc) is 2.34. The van der Waals surface area contributed by atoms with Crippen molar-refractivity contribution in [3.63, 3.8) is 0 Å². The summed E-state index contributed by atoms with van der Waals surface area (Å²) in [7, 11) is 0. The Hall–Kier alpha value is -2.37. The number of hydrogen-bond donors (Lipinski definition) is 3. The van der Waals surface area contributed by atoms with Crippen LogP contribution in [0, 0.1) is 0 Å². The fourth-order valence-corrected chi connectivity index (χ4v) is 1.48. The highest BCUT2D eigenvalue weighted by Crippen LogP contribution is 2.07. The summed E-state index contributed by atoms with van der Waals surface area (Å²) < 4.78 is 0. The molecule has 0 spiro atoms. The van der Waals surface area contributed by atoms with E-state index >= 15 is 0 Å². The van der Waals surface area contributed by atoms with Crippen molar-refractivity contribution in [3.8, 4) is 0 Å². The Morgan fingerprint density at radius 3 is 2.32 bits per heavy atom. The zero-order chi connectivity index (χ0) is 14.4. The van der Waals surface area contributed by atoms with Gasteiger partial charge < -0.3 is 21.0 Å². The summed E-state index contributed by atoms with van der Waals surface area (Å²) in [6.07, 6.45) is 0.185. The number of anilines is 1. The van der Waals surface area contributed by atoms with Crippen molar-refractivity contribution >= 4 is 23.3 Å². The third-order valence-electron chi connectivity index (χ3n) is 2.56. The quantitative estimate of drug-likeness (QED) is 0.659. The van der Waals surface area contributed by atoms with Crippen molar-refractivity contribution in [1.82, 2.24) is 5.32 Å². The van der Waals surface area contributed by atoms with Crippen LogP contribution in [0.1, 0.15) is 30.1 Å². The number of rotatable bonds is 6. The number of carbonyl (C=O) groups excluding carboxylic acids is 2. The molecule has 1 atom stereocenters. The van der Waals surface area contributed by atoms with Gasteiger partial charge in [0.15, 0.2) is 0 Å². The number of nitrogens with two attached hydrogens (primary N) is 1. The third kappa shape index (κ3) is 4.79. The summed E-state index contributed by atoms with van der Waals surface area (Å²) in [4.78, 5) is 33.6. The van der Waals surface area contributed by atoms with Crippen molar-refractivity contribution in [2.75, 3.05) is 5.73 Å². The van der Waals surface area contributed by atoms with Crippen molar-refractivity contribution in [1.29, 1.82) is 0 Å². The first-order valence-electron chi connectivity index (χ1n) is 5.79. The molecule has 0 fully saturated rings. The van der Waals surface area contributed by atoms with Gasteiger partial charge in [-0.3, -0.25) is 4.79 Å². The van der Waals surface area contributed by atoms with E-state index in [4.69, 9.17) is 10.8 Å². The highest BCUT2D eigenvalue weighted by Gasteiger charge is 2.20. The van der Waals surface area contributed by atoms with E-state index in [0.717, 1.165) is 0 Å². The van der Waals surface area contributed by atoms with E-state index in [1.54, 1.807) is 12.1 Å². The van der Waals surface area contributed by atoms with Crippen molar-refractivity contribution in [2.24, 2.45) is 0 Å². The number of Topliss-reactive ketones (excluding diaryl/α,β-unsaturated/α-hetero) is 1. The molecule has 4 N–H and O–H groups in total. The molecule has 0 aliphatic rings. The van der Waals surface area contributed by atoms with Gasteiger partial charge in [-0.2, -0.15) is 0 Å². The predicted octanol–water partition coefficient (Wildman–Crippen LogP) is 0.821. The molecule has 0 saturated heterocycles. The standard InChI is InChI=1S/C13H16N2O4/c1-8(16)2-7-11(13(18)19)15-12(17)9-3-5-10(14)6-4-9/h3-6,11H,2,7,14H2,1H3,(H,15,17)(H,18,19). The number of carboxylic acids is 1. The summed E-state index contributed by atoms with van der Waals surface area (Å²) in [5, 5.41) is 11.4. The molecule has 1 rings (SSSR count). The number of nitrogen functional groups attached to an aromatic ring is 1. The van der Waals surface area contributed by atoms with E-state index in [2.05, 4.69) is 5.32 Å². The lowest BCUT2D eigenvalue weighted by atomic mass is 10.1. The van der Waals surface area contributed by atoms with Gasteiger partial charge in [0.05, 0.1) is 0 Å². The minimum atomic E-state index is -1.16. The van der Waals surface area contributed by atoms with E-state index in [-0.39, 0.29) is 18.6 Å². The van der Waals surface area contributed by atoms with Crippen LogP contribution in [0.5, 0.6) is 0 Å². The minimum Gasteiger partial charge on any atom is -0.480 e. The number of hydrogen-bond acceptors (Lipinski definition) is 4. The maximum atomic E-state index is 11.8. The fraction of sp³-hybridized carbons (Fsp3) is 0.308.